The van der Waals surface area contributed by atoms with E-state index in [2.05, 4.69) is 28.9 Å². The highest BCUT2D eigenvalue weighted by Crippen LogP contribution is 2.34. The monoisotopic (exact) mass is 499 g/mol. The van der Waals surface area contributed by atoms with Crippen molar-refractivity contribution in [2.45, 2.75) is 37.4 Å². The summed E-state index contributed by atoms with van der Waals surface area (Å²) in [6.07, 6.45) is -0.253. The van der Waals surface area contributed by atoms with Gasteiger partial charge in [-0.25, -0.2) is 8.42 Å². The molecule has 0 unspecified atom stereocenters. The van der Waals surface area contributed by atoms with Crippen LogP contribution < -0.4 is 4.74 Å². The normalized spacial score (nSPS) is 20.8. The van der Waals surface area contributed by atoms with Crippen molar-refractivity contribution in [3.05, 3.63) is 59.7 Å². The summed E-state index contributed by atoms with van der Waals surface area (Å²) < 4.78 is 35.0. The van der Waals surface area contributed by atoms with Crippen LogP contribution in [0, 0.1) is 17.8 Å². The number of hydrogen-bond donors (Lipinski definition) is 1. The van der Waals surface area contributed by atoms with Gasteiger partial charge in [0.2, 0.25) is 10.0 Å². The fourth-order valence-electron chi connectivity index (χ4n) is 4.09. The van der Waals surface area contributed by atoms with Crippen molar-refractivity contribution in [3.8, 4) is 17.6 Å². The van der Waals surface area contributed by atoms with E-state index in [1.165, 1.54) is 9.87 Å². The molecular formula is C27H37N3O4S. The largest absolute Gasteiger partial charge is 0.487 e. The Bertz CT molecular complexity index is 1140. The third kappa shape index (κ3) is 7.06. The Hall–Kier alpha value is -2.41. The molecule has 190 valence electrons. The van der Waals surface area contributed by atoms with Crippen LogP contribution in [0.25, 0.3) is 0 Å². The van der Waals surface area contributed by atoms with E-state index in [0.29, 0.717) is 24.4 Å². The second-order valence-corrected chi connectivity index (χ2v) is 11.5. The zero-order chi connectivity index (χ0) is 25.6. The van der Waals surface area contributed by atoms with Crippen LogP contribution in [0.15, 0.2) is 53.4 Å². The van der Waals surface area contributed by atoms with Gasteiger partial charge in [-0.2, -0.15) is 4.31 Å². The van der Waals surface area contributed by atoms with Gasteiger partial charge in [-0.05, 0) is 51.8 Å². The minimum absolute atomic E-state index is 0.103. The van der Waals surface area contributed by atoms with E-state index in [-0.39, 0.29) is 30.1 Å². The summed E-state index contributed by atoms with van der Waals surface area (Å²) >= 11 is 0. The second kappa shape index (κ2) is 12.0. The van der Waals surface area contributed by atoms with Gasteiger partial charge < -0.3 is 9.84 Å². The quantitative estimate of drug-likeness (QED) is 0.591. The zero-order valence-corrected chi connectivity index (χ0v) is 22.1. The number of fused-ring (bicyclic) bond motifs is 1. The molecule has 0 bridgehead atoms. The molecule has 7 nitrogen and oxygen atoms in total. The summed E-state index contributed by atoms with van der Waals surface area (Å²) in [5.41, 5.74) is 1.90. The molecule has 0 saturated heterocycles. The second-order valence-electron chi connectivity index (χ2n) is 9.62. The molecular weight excluding hydrogens is 462 g/mol. The molecule has 0 amide bonds. The molecule has 0 aromatic heterocycles. The number of aliphatic hydroxyl groups excluding tert-OH is 1. The minimum Gasteiger partial charge on any atom is -0.487 e. The molecule has 1 aliphatic heterocycles. The Balaban J connectivity index is 1.97. The molecule has 0 spiro atoms. The molecule has 2 aromatic carbocycles. The predicted molar refractivity (Wildman–Crippen MR) is 139 cm³/mol. The minimum atomic E-state index is -3.86. The first-order valence-corrected chi connectivity index (χ1v) is 13.3. The number of likely N-dealkylation sites (N-methyl/N-ethyl adjacent to an activating group) is 1. The number of hydrogen-bond acceptors (Lipinski definition) is 6. The fourth-order valence-corrected chi connectivity index (χ4v) is 5.91. The number of nitrogens with zero attached hydrogens (tertiary/aromatic N) is 3. The van der Waals surface area contributed by atoms with E-state index >= 15 is 0 Å². The summed E-state index contributed by atoms with van der Waals surface area (Å²) in [5, 5.41) is 9.81. The van der Waals surface area contributed by atoms with E-state index in [1.54, 1.807) is 25.1 Å². The average molecular weight is 500 g/mol. The smallest absolute Gasteiger partial charge is 0.247 e. The van der Waals surface area contributed by atoms with E-state index < -0.39 is 16.1 Å². The molecule has 0 aliphatic carbocycles. The lowest BCUT2D eigenvalue weighted by atomic mass is 10.0. The molecule has 35 heavy (non-hydrogen) atoms. The van der Waals surface area contributed by atoms with Crippen molar-refractivity contribution in [2.24, 2.45) is 5.92 Å². The highest BCUT2D eigenvalue weighted by molar-refractivity contribution is 7.89. The first kappa shape index (κ1) is 27.2. The molecule has 1 aliphatic rings. The van der Waals surface area contributed by atoms with Crippen LogP contribution in [-0.2, 0) is 16.6 Å². The third-order valence-corrected chi connectivity index (χ3v) is 8.10. The molecule has 3 atom stereocenters. The van der Waals surface area contributed by atoms with Gasteiger partial charge in [0.25, 0.3) is 0 Å². The van der Waals surface area contributed by atoms with E-state index in [4.69, 9.17) is 4.74 Å². The highest BCUT2D eigenvalue weighted by atomic mass is 32.2. The van der Waals surface area contributed by atoms with E-state index in [9.17, 15) is 13.5 Å². The van der Waals surface area contributed by atoms with E-state index in [0.717, 1.165) is 6.54 Å². The Labute approximate surface area is 210 Å². The molecule has 0 radical (unpaired) electrons. The lowest BCUT2D eigenvalue weighted by Gasteiger charge is -2.37. The van der Waals surface area contributed by atoms with Crippen LogP contribution in [0.5, 0.6) is 5.75 Å². The SMILES string of the molecule is C[C@H](CO)N1C[C@H](C)[C@H](CN(C)Cc2ccccc2)Oc2cc(C#CCN(C)C)ccc2S1(=O)=O. The predicted octanol–water partition coefficient (Wildman–Crippen LogP) is 2.50. The molecule has 1 N–H and O–H groups in total. The van der Waals surface area contributed by atoms with Gasteiger partial charge in [0.1, 0.15) is 16.7 Å². The number of benzene rings is 2. The van der Waals surface area contributed by atoms with Crippen LogP contribution in [0.2, 0.25) is 0 Å². The Morgan fingerprint density at radius 2 is 1.89 bits per heavy atom. The van der Waals surface area contributed by atoms with Crippen LogP contribution >= 0.6 is 0 Å². The van der Waals surface area contributed by atoms with Gasteiger partial charge in [-0.3, -0.25) is 9.80 Å². The molecule has 0 fully saturated rings. The number of sulfonamides is 1. The number of ether oxygens (including phenoxy) is 1. The van der Waals surface area contributed by atoms with Crippen LogP contribution in [0.3, 0.4) is 0 Å². The standard InChI is InChI=1S/C27H37N3O4S/c1-21-17-30(22(2)20-31)35(32,33)27-14-13-23(12-9-15-28(3)4)16-25(27)34-26(21)19-29(5)18-24-10-7-6-8-11-24/h6-8,10-11,13-14,16,21-22,26,31H,15,17-20H2,1-5H3/t21-,22+,26-/m0/s1. The summed E-state index contributed by atoms with van der Waals surface area (Å²) in [5.74, 6) is 6.40. The van der Waals surface area contributed by atoms with Crippen molar-refractivity contribution < 1.29 is 18.3 Å². The maximum absolute atomic E-state index is 13.6. The lowest BCUT2D eigenvalue weighted by Crippen LogP contribution is -2.49. The zero-order valence-electron chi connectivity index (χ0n) is 21.3. The van der Waals surface area contributed by atoms with Crippen molar-refractivity contribution in [3.63, 3.8) is 0 Å². The molecule has 1 heterocycles. The van der Waals surface area contributed by atoms with Gasteiger partial charge in [0.15, 0.2) is 0 Å². The van der Waals surface area contributed by atoms with Gasteiger partial charge in [-0.1, -0.05) is 49.1 Å². The Kier molecular flexibility index (Phi) is 9.34. The van der Waals surface area contributed by atoms with Crippen LogP contribution in [0.1, 0.15) is 25.0 Å². The number of rotatable bonds is 7. The topological polar surface area (TPSA) is 73.3 Å². The maximum atomic E-state index is 13.6. The Morgan fingerprint density at radius 1 is 1.17 bits per heavy atom. The average Bonchev–Trinajstić information content (AvgIpc) is 2.81. The molecule has 0 saturated carbocycles. The van der Waals surface area contributed by atoms with E-state index in [1.807, 2.05) is 51.2 Å². The molecule has 2 aromatic rings. The third-order valence-electron chi connectivity index (χ3n) is 6.08. The number of aliphatic hydroxyl groups is 1. The first-order valence-electron chi connectivity index (χ1n) is 11.9. The summed E-state index contributed by atoms with van der Waals surface area (Å²) in [6, 6.07) is 14.7. The van der Waals surface area contributed by atoms with Gasteiger partial charge in [-0.15, -0.1) is 0 Å². The first-order chi connectivity index (χ1) is 16.6. The maximum Gasteiger partial charge on any atom is 0.247 e. The van der Waals surface area contributed by atoms with Crippen molar-refractivity contribution in [2.75, 3.05) is 47.4 Å². The molecule has 8 heteroatoms. The van der Waals surface area contributed by atoms with Gasteiger partial charge in [0.05, 0.1) is 13.2 Å². The lowest BCUT2D eigenvalue weighted by molar-refractivity contribution is 0.0733. The van der Waals surface area contributed by atoms with Crippen LogP contribution in [0.4, 0.5) is 0 Å². The van der Waals surface area contributed by atoms with Crippen molar-refractivity contribution in [1.29, 1.82) is 0 Å². The summed E-state index contributed by atoms with van der Waals surface area (Å²) in [4.78, 5) is 4.27. The Morgan fingerprint density at radius 3 is 2.54 bits per heavy atom. The summed E-state index contributed by atoms with van der Waals surface area (Å²) in [6.45, 7) is 5.71. The highest BCUT2D eigenvalue weighted by Gasteiger charge is 2.38. The van der Waals surface area contributed by atoms with Crippen molar-refractivity contribution in [1.82, 2.24) is 14.1 Å². The van der Waals surface area contributed by atoms with Gasteiger partial charge in [0, 0.05) is 37.2 Å². The molecule has 3 rings (SSSR count). The van der Waals surface area contributed by atoms with Crippen LogP contribution in [-0.4, -0.2) is 87.2 Å². The fraction of sp³-hybridized carbons (Fsp3) is 0.481. The van der Waals surface area contributed by atoms with Gasteiger partial charge >= 0.3 is 0 Å². The summed E-state index contributed by atoms with van der Waals surface area (Å²) in [7, 11) is 2.07. The van der Waals surface area contributed by atoms with Crippen molar-refractivity contribution >= 4 is 10.0 Å².